The predicted molar refractivity (Wildman–Crippen MR) is 96.2 cm³/mol. The SMILES string of the molecule is COc1ccc(CC(=O)NNC(=O)C(C)Oc2ccccc2[N+](=O)[O-])cc1. The largest absolute Gasteiger partial charge is 0.497 e. The maximum Gasteiger partial charge on any atom is 0.310 e. The molecule has 0 spiro atoms. The lowest BCUT2D eigenvalue weighted by atomic mass is 10.1. The number of rotatable bonds is 7. The molecule has 0 saturated carbocycles. The summed E-state index contributed by atoms with van der Waals surface area (Å²) in [5.41, 5.74) is 5.01. The minimum absolute atomic E-state index is 0.0327. The van der Waals surface area contributed by atoms with Gasteiger partial charge in [-0.1, -0.05) is 24.3 Å². The van der Waals surface area contributed by atoms with Gasteiger partial charge in [0, 0.05) is 6.07 Å². The van der Waals surface area contributed by atoms with Crippen LogP contribution in [-0.4, -0.2) is 30.0 Å². The first-order chi connectivity index (χ1) is 12.9. The molecule has 0 aliphatic rings. The van der Waals surface area contributed by atoms with Crippen LogP contribution in [0.25, 0.3) is 0 Å². The molecular formula is C18H19N3O6. The van der Waals surface area contributed by atoms with Gasteiger partial charge in [-0.25, -0.2) is 0 Å². The van der Waals surface area contributed by atoms with E-state index < -0.39 is 22.8 Å². The van der Waals surface area contributed by atoms with Crippen molar-refractivity contribution in [3.05, 3.63) is 64.2 Å². The van der Waals surface area contributed by atoms with Crippen LogP contribution in [0.3, 0.4) is 0 Å². The summed E-state index contributed by atoms with van der Waals surface area (Å²) in [5.74, 6) is -0.425. The molecule has 0 fully saturated rings. The average molecular weight is 373 g/mol. The number of nitrogens with one attached hydrogen (secondary N) is 2. The number of amides is 2. The fraction of sp³-hybridized carbons (Fsp3) is 0.222. The molecule has 2 amide bonds. The summed E-state index contributed by atoms with van der Waals surface area (Å²) in [6.45, 7) is 1.42. The van der Waals surface area contributed by atoms with E-state index >= 15 is 0 Å². The van der Waals surface area contributed by atoms with E-state index in [1.165, 1.54) is 25.1 Å². The van der Waals surface area contributed by atoms with Gasteiger partial charge in [-0.3, -0.25) is 30.6 Å². The molecule has 2 rings (SSSR count). The van der Waals surface area contributed by atoms with E-state index in [0.29, 0.717) is 5.75 Å². The minimum Gasteiger partial charge on any atom is -0.497 e. The molecule has 27 heavy (non-hydrogen) atoms. The highest BCUT2D eigenvalue weighted by atomic mass is 16.6. The van der Waals surface area contributed by atoms with E-state index in [9.17, 15) is 19.7 Å². The second-order valence-corrected chi connectivity index (χ2v) is 5.55. The zero-order valence-electron chi connectivity index (χ0n) is 14.8. The van der Waals surface area contributed by atoms with E-state index in [2.05, 4.69) is 10.9 Å². The molecule has 1 atom stereocenters. The molecule has 1 unspecified atom stereocenters. The van der Waals surface area contributed by atoms with Gasteiger partial charge >= 0.3 is 5.69 Å². The van der Waals surface area contributed by atoms with Crippen LogP contribution in [0, 0.1) is 10.1 Å². The van der Waals surface area contributed by atoms with E-state index in [4.69, 9.17) is 9.47 Å². The Hall–Kier alpha value is -3.62. The quantitative estimate of drug-likeness (QED) is 0.564. The Balaban J connectivity index is 1.85. The van der Waals surface area contributed by atoms with Crippen LogP contribution < -0.4 is 20.3 Å². The summed E-state index contributed by atoms with van der Waals surface area (Å²) in [7, 11) is 1.55. The van der Waals surface area contributed by atoms with Crippen LogP contribution in [0.4, 0.5) is 5.69 Å². The van der Waals surface area contributed by atoms with Crippen molar-refractivity contribution in [2.24, 2.45) is 0 Å². The lowest BCUT2D eigenvalue weighted by Crippen LogP contribution is -2.47. The van der Waals surface area contributed by atoms with Crippen molar-refractivity contribution in [1.82, 2.24) is 10.9 Å². The van der Waals surface area contributed by atoms with Crippen molar-refractivity contribution in [2.45, 2.75) is 19.4 Å². The molecule has 0 heterocycles. The van der Waals surface area contributed by atoms with Crippen molar-refractivity contribution in [1.29, 1.82) is 0 Å². The van der Waals surface area contributed by atoms with E-state index in [-0.39, 0.29) is 17.9 Å². The van der Waals surface area contributed by atoms with Gasteiger partial charge in [0.1, 0.15) is 5.75 Å². The molecular weight excluding hydrogens is 354 g/mol. The molecule has 9 heteroatoms. The van der Waals surface area contributed by atoms with Crippen molar-refractivity contribution in [3.8, 4) is 11.5 Å². The van der Waals surface area contributed by atoms with Gasteiger partial charge in [0.2, 0.25) is 5.91 Å². The van der Waals surface area contributed by atoms with Gasteiger partial charge in [0.15, 0.2) is 11.9 Å². The molecule has 2 aromatic rings. The Labute approximate surface area is 155 Å². The summed E-state index contributed by atoms with van der Waals surface area (Å²) in [4.78, 5) is 34.3. The Morgan fingerprint density at radius 1 is 1.11 bits per heavy atom. The fourth-order valence-electron chi connectivity index (χ4n) is 2.16. The maximum absolute atomic E-state index is 12.0. The molecule has 0 aliphatic heterocycles. The lowest BCUT2D eigenvalue weighted by Gasteiger charge is -2.15. The average Bonchev–Trinajstić information content (AvgIpc) is 2.67. The lowest BCUT2D eigenvalue weighted by molar-refractivity contribution is -0.386. The molecule has 0 aromatic heterocycles. The van der Waals surface area contributed by atoms with Crippen LogP contribution in [0.15, 0.2) is 48.5 Å². The number of hydrazine groups is 1. The topological polar surface area (TPSA) is 120 Å². The highest BCUT2D eigenvalue weighted by molar-refractivity contribution is 5.85. The molecule has 9 nitrogen and oxygen atoms in total. The van der Waals surface area contributed by atoms with Crippen LogP contribution >= 0.6 is 0 Å². The van der Waals surface area contributed by atoms with Crippen LogP contribution in [0.2, 0.25) is 0 Å². The number of para-hydroxylation sites is 2. The number of ether oxygens (including phenoxy) is 2. The predicted octanol–water partition coefficient (Wildman–Crippen LogP) is 1.76. The summed E-state index contributed by atoms with van der Waals surface area (Å²) in [6.07, 6.45) is -0.990. The van der Waals surface area contributed by atoms with Crippen molar-refractivity contribution in [2.75, 3.05) is 7.11 Å². The molecule has 2 N–H and O–H groups in total. The van der Waals surface area contributed by atoms with E-state index in [1.807, 2.05) is 0 Å². The van der Waals surface area contributed by atoms with Gasteiger partial charge in [-0.2, -0.15) is 0 Å². The number of nitro groups is 1. The van der Waals surface area contributed by atoms with Gasteiger partial charge in [-0.05, 0) is 30.7 Å². The van der Waals surface area contributed by atoms with Gasteiger partial charge < -0.3 is 9.47 Å². The molecule has 0 bridgehead atoms. The van der Waals surface area contributed by atoms with Gasteiger partial charge in [0.05, 0.1) is 18.5 Å². The summed E-state index contributed by atoms with van der Waals surface area (Å²) in [5, 5.41) is 11.0. The van der Waals surface area contributed by atoms with Gasteiger partial charge in [-0.15, -0.1) is 0 Å². The number of nitrogens with zero attached hydrogens (tertiary/aromatic N) is 1. The highest BCUT2D eigenvalue weighted by Gasteiger charge is 2.21. The summed E-state index contributed by atoms with van der Waals surface area (Å²) < 4.78 is 10.4. The monoisotopic (exact) mass is 373 g/mol. The first kappa shape index (κ1) is 19.7. The number of hydrogen-bond acceptors (Lipinski definition) is 6. The Morgan fingerprint density at radius 3 is 2.41 bits per heavy atom. The number of methoxy groups -OCH3 is 1. The summed E-state index contributed by atoms with van der Waals surface area (Å²) in [6, 6.07) is 12.6. The van der Waals surface area contributed by atoms with Crippen molar-refractivity contribution >= 4 is 17.5 Å². The zero-order valence-corrected chi connectivity index (χ0v) is 14.8. The third-order valence-electron chi connectivity index (χ3n) is 3.58. The molecule has 142 valence electrons. The minimum atomic E-state index is -1.05. The second-order valence-electron chi connectivity index (χ2n) is 5.55. The standard InChI is InChI=1S/C18H19N3O6/c1-12(27-16-6-4-3-5-15(16)21(24)25)18(23)20-19-17(22)11-13-7-9-14(26-2)10-8-13/h3-10,12H,11H2,1-2H3,(H,19,22)(H,20,23). The number of benzene rings is 2. The number of hydrogen-bond donors (Lipinski definition) is 2. The fourth-order valence-corrected chi connectivity index (χ4v) is 2.16. The zero-order chi connectivity index (χ0) is 19.8. The van der Waals surface area contributed by atoms with E-state index in [0.717, 1.165) is 5.56 Å². The Kier molecular flexibility index (Phi) is 6.70. The normalized spacial score (nSPS) is 11.2. The molecule has 2 aromatic carbocycles. The third-order valence-corrected chi connectivity index (χ3v) is 3.58. The van der Waals surface area contributed by atoms with Crippen LogP contribution in [-0.2, 0) is 16.0 Å². The molecule has 0 radical (unpaired) electrons. The van der Waals surface area contributed by atoms with Crippen LogP contribution in [0.1, 0.15) is 12.5 Å². The molecule has 0 saturated heterocycles. The summed E-state index contributed by atoms with van der Waals surface area (Å²) >= 11 is 0. The second kappa shape index (κ2) is 9.18. The van der Waals surface area contributed by atoms with Gasteiger partial charge in [0.25, 0.3) is 5.91 Å². The van der Waals surface area contributed by atoms with Crippen molar-refractivity contribution < 1.29 is 24.0 Å². The number of nitro benzene ring substituents is 1. The van der Waals surface area contributed by atoms with Crippen molar-refractivity contribution in [3.63, 3.8) is 0 Å². The number of carbonyl (C=O) groups excluding carboxylic acids is 2. The number of carbonyl (C=O) groups is 2. The Bertz CT molecular complexity index is 822. The first-order valence-electron chi connectivity index (χ1n) is 8.02. The van der Waals surface area contributed by atoms with E-state index in [1.54, 1.807) is 37.4 Å². The highest BCUT2D eigenvalue weighted by Crippen LogP contribution is 2.26. The maximum atomic E-state index is 12.0. The third kappa shape index (κ3) is 5.70. The Morgan fingerprint density at radius 2 is 1.78 bits per heavy atom. The first-order valence-corrected chi connectivity index (χ1v) is 8.02. The molecule has 0 aliphatic carbocycles. The van der Waals surface area contributed by atoms with Crippen LogP contribution in [0.5, 0.6) is 11.5 Å². The smallest absolute Gasteiger partial charge is 0.310 e.